The number of aromatic nitrogens is 2. The number of aromatic hydroxyl groups is 1. The second kappa shape index (κ2) is 17.8. The number of nitrogens with one attached hydrogen (secondary N) is 1. The van der Waals surface area contributed by atoms with Crippen LogP contribution in [-0.4, -0.2) is 80.0 Å². The lowest BCUT2D eigenvalue weighted by atomic mass is 10.1. The summed E-state index contributed by atoms with van der Waals surface area (Å²) in [6.07, 6.45) is -1.53. The van der Waals surface area contributed by atoms with Crippen molar-refractivity contribution in [2.45, 2.75) is 19.6 Å². The molecule has 0 saturated carbocycles. The van der Waals surface area contributed by atoms with E-state index in [1.165, 1.54) is 0 Å². The summed E-state index contributed by atoms with van der Waals surface area (Å²) in [6.45, 7) is -0.913. The highest BCUT2D eigenvalue weighted by Gasteiger charge is 2.26. The maximum Gasteiger partial charge on any atom is 0.397 e. The molecular formula is C28H21ClF2N8O16S5. The second-order valence-corrected chi connectivity index (χ2v) is 18.3. The highest BCUT2D eigenvalue weighted by molar-refractivity contribution is 7.94. The number of nitrogen functional groups attached to an aromatic ring is 1. The van der Waals surface area contributed by atoms with Crippen LogP contribution in [0.15, 0.2) is 94.6 Å². The Labute approximate surface area is 344 Å². The molecule has 5 aromatic rings. The van der Waals surface area contributed by atoms with Gasteiger partial charge in [0.25, 0.3) is 20.2 Å². The Morgan fingerprint density at radius 1 is 0.833 bits per heavy atom. The van der Waals surface area contributed by atoms with Gasteiger partial charge in [-0.1, -0.05) is 16.6 Å². The van der Waals surface area contributed by atoms with Crippen LogP contribution in [0.3, 0.4) is 0 Å². The number of phenols is 1. The predicted molar refractivity (Wildman–Crippen MR) is 201 cm³/mol. The van der Waals surface area contributed by atoms with E-state index in [-0.39, 0.29) is 38.6 Å². The number of benzene rings is 4. The maximum absolute atomic E-state index is 13.9. The third-order valence-electron chi connectivity index (χ3n) is 7.33. The van der Waals surface area contributed by atoms with Gasteiger partial charge in [0.1, 0.15) is 31.9 Å². The monoisotopic (exact) mass is 958 g/mol. The molecule has 0 amide bonds. The molecule has 5 rings (SSSR count). The Morgan fingerprint density at radius 2 is 1.48 bits per heavy atom. The molecule has 0 radical (unpaired) electrons. The molecule has 0 unspecified atom stereocenters. The van der Waals surface area contributed by atoms with Crippen molar-refractivity contribution in [3.05, 3.63) is 71.6 Å². The lowest BCUT2D eigenvalue weighted by Gasteiger charge is -2.14. The average Bonchev–Trinajstić information content (AvgIpc) is 3.13. The minimum absolute atomic E-state index is 0.121. The molecule has 0 aliphatic heterocycles. The number of anilines is 3. The first-order valence-corrected chi connectivity index (χ1v) is 22.2. The Morgan fingerprint density at radius 3 is 2.10 bits per heavy atom. The number of halogens is 3. The van der Waals surface area contributed by atoms with Crippen molar-refractivity contribution in [2.75, 3.05) is 23.4 Å². The van der Waals surface area contributed by atoms with Crippen LogP contribution < -0.4 is 11.1 Å². The van der Waals surface area contributed by atoms with Gasteiger partial charge in [-0.2, -0.15) is 49.1 Å². The summed E-state index contributed by atoms with van der Waals surface area (Å²) in [4.78, 5) is 3.52. The van der Waals surface area contributed by atoms with E-state index in [1.54, 1.807) is 0 Å². The first-order chi connectivity index (χ1) is 27.9. The number of fused-ring (bicyclic) bond motifs is 1. The molecule has 0 saturated heterocycles. The van der Waals surface area contributed by atoms with Crippen molar-refractivity contribution in [1.29, 1.82) is 0 Å². The third kappa shape index (κ3) is 11.0. The number of nitrogens with zero attached hydrogens (tertiary/aromatic N) is 6. The molecule has 8 N–H and O–H groups in total. The average molecular weight is 959 g/mol. The first kappa shape index (κ1) is 45.9. The number of nitrogens with two attached hydrogens (primary N) is 1. The number of hydrogen-bond donors (Lipinski definition) is 7. The molecule has 320 valence electrons. The zero-order valence-electron chi connectivity index (χ0n) is 28.8. The van der Waals surface area contributed by atoms with Gasteiger partial charge < -0.3 is 16.2 Å². The SMILES string of the molecule is Nc1c(N=Nc2ccc(S(=O)(=O)CCOS(=O)(=O)O)cc2)c(S(=O)(=O)O)cc2cc(SOOO)c(N=Nc3cc(Nc4nc(F)nc(F)c4Cl)ccc3S(=O)(=O)O)c(O)c12. The molecule has 0 aliphatic carbocycles. The molecule has 0 aliphatic rings. The van der Waals surface area contributed by atoms with Crippen LogP contribution in [0.5, 0.6) is 5.75 Å². The van der Waals surface area contributed by atoms with Crippen LogP contribution in [0.4, 0.5) is 48.7 Å². The molecule has 0 bridgehead atoms. The van der Waals surface area contributed by atoms with Crippen LogP contribution in [0.1, 0.15) is 0 Å². The van der Waals surface area contributed by atoms with E-state index in [0.29, 0.717) is 0 Å². The van der Waals surface area contributed by atoms with Gasteiger partial charge in [0.15, 0.2) is 21.4 Å². The fourth-order valence-corrected chi connectivity index (χ4v) is 8.22. The molecule has 4 aromatic carbocycles. The van der Waals surface area contributed by atoms with Gasteiger partial charge in [-0.05, 0) is 60.0 Å². The van der Waals surface area contributed by atoms with Crippen molar-refractivity contribution in [1.82, 2.24) is 9.97 Å². The van der Waals surface area contributed by atoms with E-state index in [4.69, 9.17) is 27.1 Å². The lowest BCUT2D eigenvalue weighted by molar-refractivity contribution is -0.432. The van der Waals surface area contributed by atoms with Gasteiger partial charge in [-0.15, -0.1) is 19.7 Å². The molecular weight excluding hydrogens is 938 g/mol. The molecule has 0 atom stereocenters. The van der Waals surface area contributed by atoms with Gasteiger partial charge in [0, 0.05) is 5.69 Å². The Bertz CT molecular complexity index is 3040. The highest BCUT2D eigenvalue weighted by atomic mass is 35.5. The Hall–Kier alpha value is -5.16. The van der Waals surface area contributed by atoms with Crippen molar-refractivity contribution in [3.8, 4) is 5.75 Å². The fourth-order valence-electron chi connectivity index (χ4n) is 4.83. The van der Waals surface area contributed by atoms with Gasteiger partial charge in [-0.25, -0.2) is 17.9 Å². The van der Waals surface area contributed by atoms with E-state index >= 15 is 0 Å². The third-order valence-corrected chi connectivity index (χ3v) is 12.2. The molecule has 32 heteroatoms. The number of rotatable bonds is 16. The zero-order valence-corrected chi connectivity index (χ0v) is 33.6. The van der Waals surface area contributed by atoms with Crippen molar-refractivity contribution in [3.63, 3.8) is 0 Å². The topological polar surface area (TPSA) is 379 Å². The van der Waals surface area contributed by atoms with Crippen LogP contribution in [0.2, 0.25) is 5.02 Å². The van der Waals surface area contributed by atoms with Gasteiger partial charge in [0.05, 0.1) is 51.0 Å². The zero-order chi connectivity index (χ0) is 44.4. The molecule has 0 spiro atoms. The predicted octanol–water partition coefficient (Wildman–Crippen LogP) is 5.94. The summed E-state index contributed by atoms with van der Waals surface area (Å²) < 4.78 is 161. The van der Waals surface area contributed by atoms with E-state index in [2.05, 4.69) is 49.3 Å². The summed E-state index contributed by atoms with van der Waals surface area (Å²) in [6, 6.07) is 8.63. The van der Waals surface area contributed by atoms with Gasteiger partial charge in [-0.3, -0.25) is 13.7 Å². The first-order valence-electron chi connectivity index (χ1n) is 15.2. The van der Waals surface area contributed by atoms with Crippen molar-refractivity contribution >= 4 is 115 Å². The van der Waals surface area contributed by atoms with Gasteiger partial charge >= 0.3 is 16.5 Å². The quantitative estimate of drug-likeness (QED) is 0.00879. The summed E-state index contributed by atoms with van der Waals surface area (Å²) >= 11 is 5.91. The molecule has 0 fully saturated rings. The smallest absolute Gasteiger partial charge is 0.397 e. The minimum Gasteiger partial charge on any atom is -0.505 e. The summed E-state index contributed by atoms with van der Waals surface area (Å²) in [7, 11) is -19.4. The largest absolute Gasteiger partial charge is 0.505 e. The summed E-state index contributed by atoms with van der Waals surface area (Å²) in [5.74, 6) is -3.90. The number of hydrogen-bond acceptors (Lipinski definition) is 22. The number of azo groups is 2. The lowest BCUT2D eigenvalue weighted by Crippen LogP contribution is -2.15. The Kier molecular flexibility index (Phi) is 13.6. The van der Waals surface area contributed by atoms with Crippen LogP contribution in [0.25, 0.3) is 10.8 Å². The molecule has 24 nitrogen and oxygen atoms in total. The standard InChI is InChI=1S/C28H21ClF2N8O16S5/c29-21-26(30)34-28(31)35-27(21)33-14-3-6-18(58(44,45)46)16(11-14)37-38-23-17(56-55-54-41)9-12-10-19(59(47,48)49)24(22(32)20(12)25(23)40)39-36-13-1-4-15(5-2-13)57(42,43)8-7-53-60(50,51)52/h1-6,9-11,40-41H,7-8,32H2,(H,33,34,35)(H,44,45,46)(H,47,48,49)(H,50,51,52). The van der Waals surface area contributed by atoms with E-state index in [1.807, 2.05) is 0 Å². The minimum atomic E-state index is -5.21. The second-order valence-electron chi connectivity index (χ2n) is 11.2. The van der Waals surface area contributed by atoms with E-state index in [9.17, 15) is 56.7 Å². The molecule has 60 heavy (non-hydrogen) atoms. The summed E-state index contributed by atoms with van der Waals surface area (Å²) in [5, 5.41) is 39.9. The van der Waals surface area contributed by atoms with Crippen molar-refractivity contribution < 1.29 is 80.0 Å². The number of phenolic OH excluding ortho intramolecular Hbond substituents is 1. The van der Waals surface area contributed by atoms with Gasteiger partial charge in [0.2, 0.25) is 5.95 Å². The normalized spacial score (nSPS) is 12.8. The van der Waals surface area contributed by atoms with Crippen LogP contribution >= 0.6 is 23.6 Å². The van der Waals surface area contributed by atoms with Crippen LogP contribution in [0, 0.1) is 12.0 Å². The van der Waals surface area contributed by atoms with E-state index < -0.39 is 119 Å². The maximum atomic E-state index is 13.9. The highest BCUT2D eigenvalue weighted by Crippen LogP contribution is 2.50. The van der Waals surface area contributed by atoms with E-state index in [0.717, 1.165) is 54.6 Å². The van der Waals surface area contributed by atoms with Crippen molar-refractivity contribution in [2.24, 2.45) is 20.5 Å². The van der Waals surface area contributed by atoms with Crippen LogP contribution in [-0.2, 0) is 54.0 Å². The summed E-state index contributed by atoms with van der Waals surface area (Å²) in [5.41, 5.74) is 3.08. The fraction of sp³-hybridized carbons (Fsp3) is 0.0714. The molecule has 1 heterocycles. The molecule has 1 aromatic heterocycles. The Balaban J connectivity index is 1.61. The number of sulfone groups is 1.